The molecule has 0 bridgehead atoms. The molecule has 0 atom stereocenters. The van der Waals surface area contributed by atoms with E-state index in [1.807, 2.05) is 0 Å². The molecule has 0 aliphatic heterocycles. The highest BCUT2D eigenvalue weighted by Gasteiger charge is 2.10. The van der Waals surface area contributed by atoms with Gasteiger partial charge in [-0.2, -0.15) is 5.26 Å². The predicted molar refractivity (Wildman–Crippen MR) is 41.2 cm³/mol. The van der Waals surface area contributed by atoms with Crippen molar-refractivity contribution >= 4 is 17.1 Å². The van der Waals surface area contributed by atoms with E-state index in [-0.39, 0.29) is 5.57 Å². The molecule has 0 aliphatic rings. The maximum absolute atomic E-state index is 11.1. The predicted octanol–water partition coefficient (Wildman–Crippen LogP) is 1.41. The Bertz CT molecular complexity index is 321. The van der Waals surface area contributed by atoms with Gasteiger partial charge in [-0.3, -0.25) is 4.79 Å². The lowest BCUT2D eigenvalue weighted by molar-refractivity contribution is 0.103. The first-order valence-electron chi connectivity index (χ1n) is 2.77. The molecule has 0 spiro atoms. The number of carbonyl (C=O) groups excluding carboxylic acids is 1. The van der Waals surface area contributed by atoms with Gasteiger partial charge in [-0.15, -0.1) is 11.3 Å². The van der Waals surface area contributed by atoms with Crippen molar-refractivity contribution < 1.29 is 4.79 Å². The van der Waals surface area contributed by atoms with Crippen LogP contribution in [0.4, 0.5) is 0 Å². The Hall–Kier alpha value is -1.47. The lowest BCUT2D eigenvalue weighted by Crippen LogP contribution is -2.00. The molecule has 54 valence electrons. The average molecular weight is 164 g/mol. The van der Waals surface area contributed by atoms with Crippen molar-refractivity contribution in [1.82, 2.24) is 4.98 Å². The Morgan fingerprint density at radius 3 is 3.00 bits per heavy atom. The molecular weight excluding hydrogens is 160 g/mol. The quantitative estimate of drug-likeness (QED) is 0.377. The van der Waals surface area contributed by atoms with E-state index in [0.717, 1.165) is 0 Å². The number of ketones is 1. The smallest absolute Gasteiger partial charge is 0.222 e. The summed E-state index contributed by atoms with van der Waals surface area (Å²) in [4.78, 5) is 14.8. The van der Waals surface area contributed by atoms with Crippen LogP contribution in [0.25, 0.3) is 0 Å². The van der Waals surface area contributed by atoms with Gasteiger partial charge < -0.3 is 0 Å². The summed E-state index contributed by atoms with van der Waals surface area (Å²) in [5.74, 6) is -0.395. The largest absolute Gasteiger partial charge is 0.286 e. The molecule has 0 amide bonds. The van der Waals surface area contributed by atoms with E-state index in [1.165, 1.54) is 16.8 Å². The van der Waals surface area contributed by atoms with Crippen LogP contribution >= 0.6 is 11.3 Å². The highest BCUT2D eigenvalue weighted by Crippen LogP contribution is 2.06. The molecule has 0 aliphatic carbocycles. The number of rotatable bonds is 2. The number of carbonyl (C=O) groups is 1. The molecule has 1 aromatic heterocycles. The minimum atomic E-state index is -0.395. The molecule has 11 heavy (non-hydrogen) atoms. The van der Waals surface area contributed by atoms with Crippen LogP contribution in [-0.4, -0.2) is 10.8 Å². The minimum absolute atomic E-state index is 0.0732. The normalized spacial score (nSPS) is 8.64. The fourth-order valence-electron chi connectivity index (χ4n) is 0.530. The molecule has 0 N–H and O–H groups in total. The monoisotopic (exact) mass is 164 g/mol. The molecule has 0 unspecified atom stereocenters. The van der Waals surface area contributed by atoms with Crippen molar-refractivity contribution in [3.8, 4) is 6.07 Å². The number of hydrogen-bond acceptors (Lipinski definition) is 4. The van der Waals surface area contributed by atoms with Crippen molar-refractivity contribution in [2.45, 2.75) is 0 Å². The van der Waals surface area contributed by atoms with Crippen LogP contribution in [0.15, 0.2) is 23.0 Å². The zero-order chi connectivity index (χ0) is 8.27. The lowest BCUT2D eigenvalue weighted by Gasteiger charge is -1.87. The first kappa shape index (κ1) is 7.63. The molecule has 0 saturated heterocycles. The third kappa shape index (κ3) is 1.51. The minimum Gasteiger partial charge on any atom is -0.286 e. The maximum Gasteiger partial charge on any atom is 0.222 e. The molecular formula is C7H4N2OS. The molecule has 3 nitrogen and oxygen atoms in total. The molecule has 0 aromatic carbocycles. The van der Waals surface area contributed by atoms with E-state index >= 15 is 0 Å². The molecule has 1 aromatic rings. The van der Waals surface area contributed by atoms with E-state index in [4.69, 9.17) is 5.26 Å². The summed E-state index contributed by atoms with van der Waals surface area (Å²) < 4.78 is 0. The van der Waals surface area contributed by atoms with Gasteiger partial charge in [0.15, 0.2) is 0 Å². The number of allylic oxidation sites excluding steroid dienone is 1. The van der Waals surface area contributed by atoms with Crippen LogP contribution in [0.3, 0.4) is 0 Å². The third-order valence-electron chi connectivity index (χ3n) is 1.07. The maximum atomic E-state index is 11.1. The number of Topliss-reactive ketones (excluding diaryl/α,β-unsaturated/α-hetero) is 1. The van der Waals surface area contributed by atoms with Gasteiger partial charge in [-0.1, -0.05) is 6.58 Å². The molecule has 0 saturated carbocycles. The van der Waals surface area contributed by atoms with Gasteiger partial charge in [-0.05, 0) is 0 Å². The standard InChI is InChI=1S/C7H4N2OS/c1-5(2-8)7(10)6-3-11-4-9-6/h3-4H,1H2. The second kappa shape index (κ2) is 3.08. The van der Waals surface area contributed by atoms with Crippen LogP contribution in [0.1, 0.15) is 10.5 Å². The van der Waals surface area contributed by atoms with Crippen LogP contribution < -0.4 is 0 Å². The van der Waals surface area contributed by atoms with Crippen molar-refractivity contribution in [2.75, 3.05) is 0 Å². The second-order valence-electron chi connectivity index (χ2n) is 1.79. The summed E-state index contributed by atoms with van der Waals surface area (Å²) in [6, 6.07) is 1.67. The molecule has 4 heteroatoms. The van der Waals surface area contributed by atoms with E-state index < -0.39 is 5.78 Å². The van der Waals surface area contributed by atoms with E-state index in [9.17, 15) is 4.79 Å². The first-order valence-corrected chi connectivity index (χ1v) is 3.72. The number of aromatic nitrogens is 1. The van der Waals surface area contributed by atoms with Crippen molar-refractivity contribution in [3.63, 3.8) is 0 Å². The number of nitriles is 1. The number of thiazole rings is 1. The van der Waals surface area contributed by atoms with Crippen LogP contribution in [0.5, 0.6) is 0 Å². The molecule has 0 fully saturated rings. The lowest BCUT2D eigenvalue weighted by atomic mass is 10.2. The summed E-state index contributed by atoms with van der Waals surface area (Å²) in [5.41, 5.74) is 1.76. The van der Waals surface area contributed by atoms with Gasteiger partial charge in [0, 0.05) is 5.38 Å². The molecule has 1 heterocycles. The highest BCUT2D eigenvalue weighted by atomic mass is 32.1. The summed E-state index contributed by atoms with van der Waals surface area (Å²) in [6.45, 7) is 3.28. The van der Waals surface area contributed by atoms with Crippen molar-refractivity contribution in [3.05, 3.63) is 28.7 Å². The fraction of sp³-hybridized carbons (Fsp3) is 0. The van der Waals surface area contributed by atoms with Gasteiger partial charge in [0.25, 0.3) is 0 Å². The number of hydrogen-bond donors (Lipinski definition) is 0. The Kier molecular flexibility index (Phi) is 2.14. The van der Waals surface area contributed by atoms with Gasteiger partial charge in [0.05, 0.1) is 11.1 Å². The van der Waals surface area contributed by atoms with Gasteiger partial charge in [0.2, 0.25) is 5.78 Å². The van der Waals surface area contributed by atoms with E-state index in [0.29, 0.717) is 5.69 Å². The Balaban J connectivity index is 2.89. The fourth-order valence-corrected chi connectivity index (χ4v) is 1.06. The van der Waals surface area contributed by atoms with Crippen LogP contribution in [0.2, 0.25) is 0 Å². The highest BCUT2D eigenvalue weighted by molar-refractivity contribution is 7.07. The van der Waals surface area contributed by atoms with Gasteiger partial charge in [-0.25, -0.2) is 4.98 Å². The van der Waals surface area contributed by atoms with Crippen molar-refractivity contribution in [1.29, 1.82) is 5.26 Å². The van der Waals surface area contributed by atoms with E-state index in [2.05, 4.69) is 11.6 Å². The van der Waals surface area contributed by atoms with Crippen LogP contribution in [0, 0.1) is 11.3 Å². The van der Waals surface area contributed by atoms with Gasteiger partial charge >= 0.3 is 0 Å². The molecule has 1 rings (SSSR count). The van der Waals surface area contributed by atoms with Crippen LogP contribution in [-0.2, 0) is 0 Å². The zero-order valence-corrected chi connectivity index (χ0v) is 6.39. The summed E-state index contributed by atoms with van der Waals surface area (Å²) in [7, 11) is 0. The van der Waals surface area contributed by atoms with Crippen molar-refractivity contribution in [2.24, 2.45) is 0 Å². The van der Waals surface area contributed by atoms with Gasteiger partial charge in [0.1, 0.15) is 11.8 Å². The first-order chi connectivity index (χ1) is 5.25. The summed E-state index contributed by atoms with van der Waals surface area (Å²) in [6.07, 6.45) is 0. The third-order valence-corrected chi connectivity index (χ3v) is 1.66. The Morgan fingerprint density at radius 2 is 2.55 bits per heavy atom. The SMILES string of the molecule is C=C(C#N)C(=O)c1cscn1. The van der Waals surface area contributed by atoms with E-state index in [1.54, 1.807) is 11.4 Å². The zero-order valence-electron chi connectivity index (χ0n) is 5.57. The number of nitrogens with zero attached hydrogens (tertiary/aromatic N) is 2. The summed E-state index contributed by atoms with van der Waals surface area (Å²) in [5, 5.41) is 9.90. The molecule has 0 radical (unpaired) electrons. The Morgan fingerprint density at radius 1 is 1.82 bits per heavy atom. The average Bonchev–Trinajstić information content (AvgIpc) is 2.53. The topological polar surface area (TPSA) is 53.8 Å². The Labute approximate surface area is 67.6 Å². The second-order valence-corrected chi connectivity index (χ2v) is 2.51. The summed E-state index contributed by atoms with van der Waals surface area (Å²) >= 11 is 1.31.